The van der Waals surface area contributed by atoms with Gasteiger partial charge in [0.15, 0.2) is 0 Å². The zero-order valence-electron chi connectivity index (χ0n) is 19.3. The van der Waals surface area contributed by atoms with Crippen LogP contribution in [0.5, 0.6) is 11.5 Å². The molecule has 0 saturated heterocycles. The van der Waals surface area contributed by atoms with E-state index in [0.717, 1.165) is 0 Å². The summed E-state index contributed by atoms with van der Waals surface area (Å²) in [5.74, 6) is -0.0787. The zero-order valence-corrected chi connectivity index (χ0v) is 19.3. The highest BCUT2D eigenvalue weighted by Crippen LogP contribution is 2.36. The van der Waals surface area contributed by atoms with Crippen LogP contribution in [0, 0.1) is 5.82 Å². The van der Waals surface area contributed by atoms with Crippen molar-refractivity contribution in [2.75, 3.05) is 17.3 Å². The van der Waals surface area contributed by atoms with Crippen molar-refractivity contribution in [3.63, 3.8) is 0 Å². The van der Waals surface area contributed by atoms with Crippen molar-refractivity contribution in [2.24, 2.45) is 12.8 Å². The molecular formula is C24H19F4N5O4. The van der Waals surface area contributed by atoms with Gasteiger partial charge in [-0.3, -0.25) is 10.2 Å². The second-order valence-electron chi connectivity index (χ2n) is 7.70. The second-order valence-corrected chi connectivity index (χ2v) is 7.70. The summed E-state index contributed by atoms with van der Waals surface area (Å²) in [6.45, 7) is 0. The number of urea groups is 1. The topological polar surface area (TPSA) is 112 Å². The van der Waals surface area contributed by atoms with Gasteiger partial charge in [-0.15, -0.1) is 0 Å². The Morgan fingerprint density at radius 1 is 1.03 bits per heavy atom. The minimum Gasteiger partial charge on any atom is -0.457 e. The fraction of sp³-hybridized carbons (Fsp3) is 0.125. The Morgan fingerprint density at radius 2 is 1.70 bits per heavy atom. The molecule has 3 N–H and O–H groups in total. The zero-order chi connectivity index (χ0) is 26.9. The van der Waals surface area contributed by atoms with Crippen molar-refractivity contribution in [3.05, 3.63) is 72.0 Å². The normalized spacial score (nSPS) is 11.3. The average Bonchev–Trinajstić information content (AvgIpc) is 3.15. The van der Waals surface area contributed by atoms with Crippen LogP contribution in [0.25, 0.3) is 11.0 Å². The average molecular weight is 517 g/mol. The predicted molar refractivity (Wildman–Crippen MR) is 126 cm³/mol. The Morgan fingerprint density at radius 3 is 2.32 bits per heavy atom. The van der Waals surface area contributed by atoms with Crippen molar-refractivity contribution >= 4 is 40.5 Å². The van der Waals surface area contributed by atoms with Gasteiger partial charge in [-0.1, -0.05) is 0 Å². The summed E-state index contributed by atoms with van der Waals surface area (Å²) in [5, 5.41) is 2.49. The van der Waals surface area contributed by atoms with E-state index >= 15 is 0 Å². The summed E-state index contributed by atoms with van der Waals surface area (Å²) < 4.78 is 65.8. The number of imidazole rings is 1. The molecule has 4 aromatic rings. The van der Waals surface area contributed by atoms with E-state index in [-0.39, 0.29) is 11.6 Å². The van der Waals surface area contributed by atoms with Gasteiger partial charge < -0.3 is 19.8 Å². The molecule has 3 aromatic carbocycles. The van der Waals surface area contributed by atoms with Gasteiger partial charge in [0.05, 0.1) is 35.1 Å². The molecule has 0 saturated carbocycles. The Kier molecular flexibility index (Phi) is 6.62. The van der Waals surface area contributed by atoms with Crippen LogP contribution in [0.1, 0.15) is 5.56 Å². The molecule has 0 aliphatic rings. The van der Waals surface area contributed by atoms with Crippen LogP contribution in [-0.4, -0.2) is 28.8 Å². The highest BCUT2D eigenvalue weighted by atomic mass is 19.4. The first-order chi connectivity index (χ1) is 17.5. The lowest BCUT2D eigenvalue weighted by Crippen LogP contribution is -2.32. The molecule has 13 heteroatoms. The second kappa shape index (κ2) is 9.68. The van der Waals surface area contributed by atoms with Gasteiger partial charge in [0.2, 0.25) is 5.95 Å². The number of fused-ring (bicyclic) bond motifs is 1. The molecule has 0 bridgehead atoms. The monoisotopic (exact) mass is 517 g/mol. The number of primary amides is 1. The molecule has 1 heterocycles. The molecule has 0 atom stereocenters. The van der Waals surface area contributed by atoms with Gasteiger partial charge in [0, 0.05) is 13.1 Å². The number of ether oxygens (including phenoxy) is 2. The summed E-state index contributed by atoms with van der Waals surface area (Å²) in [6.07, 6.45) is -5.42. The first-order valence-corrected chi connectivity index (χ1v) is 10.5. The Hall–Kier alpha value is -4.81. The standard InChI is InChI=1S/C24H19F4N5O4/c1-32-20-12-16(8-10-18(20)30-22(32)31-23(35)36-2)37-15-6-4-14(5-7-15)33(21(29)34)19-11-13(24(26,27)28)3-9-17(19)25/h3-12H,1-2H3,(H2,29,34)(H,30,31,35). The van der Waals surface area contributed by atoms with Crippen LogP contribution in [0.2, 0.25) is 0 Å². The number of carbonyl (C=O) groups excluding carboxylic acids is 2. The van der Waals surface area contributed by atoms with E-state index in [2.05, 4.69) is 15.0 Å². The molecule has 1 aromatic heterocycles. The van der Waals surface area contributed by atoms with E-state index in [9.17, 15) is 27.2 Å². The number of aryl methyl sites for hydroxylation is 1. The number of amides is 3. The van der Waals surface area contributed by atoms with Gasteiger partial charge in [0.25, 0.3) is 0 Å². The number of hydrogen-bond donors (Lipinski definition) is 2. The lowest BCUT2D eigenvalue weighted by atomic mass is 10.1. The maximum Gasteiger partial charge on any atom is 0.416 e. The van der Waals surface area contributed by atoms with Crippen LogP contribution in [0.15, 0.2) is 60.7 Å². The molecule has 9 nitrogen and oxygen atoms in total. The molecule has 192 valence electrons. The van der Waals surface area contributed by atoms with E-state index < -0.39 is 35.4 Å². The van der Waals surface area contributed by atoms with Gasteiger partial charge in [-0.05, 0) is 54.6 Å². The van der Waals surface area contributed by atoms with Crippen molar-refractivity contribution in [1.29, 1.82) is 0 Å². The van der Waals surface area contributed by atoms with Gasteiger partial charge in [0.1, 0.15) is 17.3 Å². The number of nitrogens with one attached hydrogen (secondary N) is 1. The van der Waals surface area contributed by atoms with Crippen LogP contribution >= 0.6 is 0 Å². The van der Waals surface area contributed by atoms with Crippen LogP contribution in [0.3, 0.4) is 0 Å². The number of hydrogen-bond acceptors (Lipinski definition) is 5. The highest BCUT2D eigenvalue weighted by Gasteiger charge is 2.32. The fourth-order valence-electron chi connectivity index (χ4n) is 3.53. The summed E-state index contributed by atoms with van der Waals surface area (Å²) in [7, 11) is 2.92. The number of nitrogens with zero attached hydrogens (tertiary/aromatic N) is 3. The summed E-state index contributed by atoms with van der Waals surface area (Å²) in [5.41, 5.74) is 4.83. The Balaban J connectivity index is 1.60. The third-order valence-corrected chi connectivity index (χ3v) is 5.32. The summed E-state index contributed by atoms with van der Waals surface area (Å²) in [6, 6.07) is 11.1. The third-order valence-electron chi connectivity index (χ3n) is 5.32. The molecule has 0 spiro atoms. The van der Waals surface area contributed by atoms with Gasteiger partial charge >= 0.3 is 18.3 Å². The lowest BCUT2D eigenvalue weighted by molar-refractivity contribution is -0.137. The smallest absolute Gasteiger partial charge is 0.416 e. The number of aromatic nitrogens is 2. The van der Waals surface area contributed by atoms with E-state index in [4.69, 9.17) is 10.5 Å². The molecule has 3 amide bonds. The third kappa shape index (κ3) is 5.24. The van der Waals surface area contributed by atoms with Crippen molar-refractivity contribution in [3.8, 4) is 11.5 Å². The molecule has 37 heavy (non-hydrogen) atoms. The molecule has 0 fully saturated rings. The maximum atomic E-state index is 14.4. The highest BCUT2D eigenvalue weighted by molar-refractivity contribution is 5.98. The lowest BCUT2D eigenvalue weighted by Gasteiger charge is -2.22. The number of anilines is 3. The number of benzene rings is 3. The molecule has 0 unspecified atom stereocenters. The van der Waals surface area contributed by atoms with Crippen LogP contribution in [-0.2, 0) is 18.0 Å². The van der Waals surface area contributed by atoms with Crippen LogP contribution in [0.4, 0.5) is 44.5 Å². The van der Waals surface area contributed by atoms with E-state index in [1.54, 1.807) is 29.8 Å². The minimum absolute atomic E-state index is 0.0266. The SMILES string of the molecule is COC(=O)Nc1nc2ccc(Oc3ccc(N(C(N)=O)c4cc(C(F)(F)F)ccc4F)cc3)cc2n1C. The predicted octanol–water partition coefficient (Wildman–Crippen LogP) is 5.92. The first-order valence-electron chi connectivity index (χ1n) is 10.5. The van der Waals surface area contributed by atoms with Crippen LogP contribution < -0.4 is 20.7 Å². The maximum absolute atomic E-state index is 14.4. The molecule has 0 aliphatic carbocycles. The van der Waals surface area contributed by atoms with Crippen molar-refractivity contribution < 1.29 is 36.6 Å². The number of halogens is 4. The number of rotatable bonds is 5. The Bertz CT molecular complexity index is 1490. The van der Waals surface area contributed by atoms with E-state index in [0.29, 0.717) is 45.6 Å². The first kappa shape index (κ1) is 25.3. The summed E-state index contributed by atoms with van der Waals surface area (Å²) in [4.78, 5) is 28.5. The number of alkyl halides is 3. The molecule has 0 radical (unpaired) electrons. The Labute approximate surface area is 207 Å². The molecule has 4 rings (SSSR count). The van der Waals surface area contributed by atoms with E-state index in [1.165, 1.54) is 31.4 Å². The largest absolute Gasteiger partial charge is 0.457 e. The quantitative estimate of drug-likeness (QED) is 0.319. The van der Waals surface area contributed by atoms with E-state index in [1.807, 2.05) is 0 Å². The van der Waals surface area contributed by atoms with Crippen molar-refractivity contribution in [2.45, 2.75) is 6.18 Å². The molecule has 0 aliphatic heterocycles. The summed E-state index contributed by atoms with van der Waals surface area (Å²) >= 11 is 0. The number of nitrogens with two attached hydrogens (primary N) is 1. The fourth-order valence-corrected chi connectivity index (χ4v) is 3.53. The molecular weight excluding hydrogens is 498 g/mol. The van der Waals surface area contributed by atoms with Gasteiger partial charge in [-0.25, -0.2) is 19.0 Å². The van der Waals surface area contributed by atoms with Crippen molar-refractivity contribution in [1.82, 2.24) is 9.55 Å². The number of carbonyl (C=O) groups is 2. The number of methoxy groups -OCH3 is 1. The minimum atomic E-state index is -4.74. The van der Waals surface area contributed by atoms with Gasteiger partial charge in [-0.2, -0.15) is 13.2 Å².